The minimum Gasteiger partial charge on any atom is -0.494 e. The van der Waals surface area contributed by atoms with Gasteiger partial charge in [0.1, 0.15) is 18.2 Å². The molecule has 2 bridgehead atoms. The molecule has 1 N–H and O–H groups in total. The first-order valence-corrected chi connectivity index (χ1v) is 10.6. The third-order valence-corrected chi connectivity index (χ3v) is 6.18. The van der Waals surface area contributed by atoms with Crippen LogP contribution in [-0.4, -0.2) is 34.8 Å². The van der Waals surface area contributed by atoms with Gasteiger partial charge in [0.05, 0.1) is 12.2 Å². The lowest BCUT2D eigenvalue weighted by Gasteiger charge is -2.51. The molecule has 2 aliphatic heterocycles. The monoisotopic (exact) mass is 413 g/mol. The van der Waals surface area contributed by atoms with Gasteiger partial charge in [0.25, 0.3) is 0 Å². The molecule has 0 aliphatic carbocycles. The number of fused-ring (bicyclic) bond motifs is 2. The lowest BCUT2D eigenvalue weighted by Crippen LogP contribution is -2.59. The third-order valence-electron chi connectivity index (χ3n) is 6.18. The zero-order valence-corrected chi connectivity index (χ0v) is 17.2. The van der Waals surface area contributed by atoms with Crippen LogP contribution in [-0.2, 0) is 16.9 Å². The average molecular weight is 413 g/mol. The van der Waals surface area contributed by atoms with E-state index in [4.69, 9.17) is 9.47 Å². The predicted molar refractivity (Wildman–Crippen MR) is 111 cm³/mol. The summed E-state index contributed by atoms with van der Waals surface area (Å²) in [5.74, 6) is -0.0221. The van der Waals surface area contributed by atoms with Crippen LogP contribution in [0.2, 0.25) is 0 Å². The van der Waals surface area contributed by atoms with Gasteiger partial charge in [-0.1, -0.05) is 30.3 Å². The Labute approximate surface area is 176 Å². The van der Waals surface area contributed by atoms with E-state index in [2.05, 4.69) is 0 Å². The largest absolute Gasteiger partial charge is 0.494 e. The van der Waals surface area contributed by atoms with Gasteiger partial charge in [-0.2, -0.15) is 0 Å². The van der Waals surface area contributed by atoms with E-state index >= 15 is 0 Å². The summed E-state index contributed by atoms with van der Waals surface area (Å²) < 4.78 is 25.7. The van der Waals surface area contributed by atoms with E-state index in [-0.39, 0.29) is 30.3 Å². The second-order valence-corrected chi connectivity index (χ2v) is 8.20. The van der Waals surface area contributed by atoms with Crippen LogP contribution in [0, 0.1) is 5.82 Å². The topological polar surface area (TPSA) is 59.0 Å². The molecule has 6 heteroatoms. The summed E-state index contributed by atoms with van der Waals surface area (Å²) in [5, 5.41) is 11.4. The molecular weight excluding hydrogens is 385 g/mol. The number of benzene rings is 2. The Bertz CT molecular complexity index is 874. The standard InChI is InChI=1S/C24H28FNO4/c1-2-29-20-11-12-21(22(25)13-20)24(28)14-18-9-6-10-19(15-24)26(18)23(27)30-16-17-7-4-3-5-8-17/h3-5,7-8,11-13,18-19,28H,2,6,9-10,14-16H2,1H3. The minimum absolute atomic E-state index is 0.170. The molecule has 2 aromatic carbocycles. The molecule has 160 valence electrons. The summed E-state index contributed by atoms with van der Waals surface area (Å²) in [6.45, 7) is 2.51. The smallest absolute Gasteiger partial charge is 0.410 e. The van der Waals surface area contributed by atoms with Crippen molar-refractivity contribution in [2.75, 3.05) is 6.61 Å². The quantitative estimate of drug-likeness (QED) is 0.767. The number of amides is 1. The summed E-state index contributed by atoms with van der Waals surface area (Å²) in [7, 11) is 0. The van der Waals surface area contributed by atoms with Gasteiger partial charge in [-0.3, -0.25) is 0 Å². The second-order valence-electron chi connectivity index (χ2n) is 8.20. The van der Waals surface area contributed by atoms with Crippen molar-refractivity contribution in [3.8, 4) is 5.75 Å². The van der Waals surface area contributed by atoms with E-state index in [1.165, 1.54) is 6.07 Å². The number of rotatable bonds is 5. The summed E-state index contributed by atoms with van der Waals surface area (Å²) in [6.07, 6.45) is 2.78. The number of hydrogen-bond acceptors (Lipinski definition) is 4. The van der Waals surface area contributed by atoms with Crippen molar-refractivity contribution in [2.45, 2.75) is 63.3 Å². The van der Waals surface area contributed by atoms with Gasteiger partial charge in [0, 0.05) is 36.6 Å². The fraction of sp³-hybridized carbons (Fsp3) is 0.458. The molecule has 0 saturated carbocycles. The molecular formula is C24H28FNO4. The molecule has 2 fully saturated rings. The molecule has 5 nitrogen and oxygen atoms in total. The second kappa shape index (κ2) is 8.64. The van der Waals surface area contributed by atoms with Crippen molar-refractivity contribution in [1.29, 1.82) is 0 Å². The Morgan fingerprint density at radius 1 is 1.17 bits per heavy atom. The fourth-order valence-corrected chi connectivity index (χ4v) is 4.87. The van der Waals surface area contributed by atoms with Gasteiger partial charge in [-0.15, -0.1) is 0 Å². The lowest BCUT2D eigenvalue weighted by atomic mass is 9.72. The lowest BCUT2D eigenvalue weighted by molar-refractivity contribution is -0.0911. The Morgan fingerprint density at radius 2 is 1.87 bits per heavy atom. The Morgan fingerprint density at radius 3 is 2.50 bits per heavy atom. The summed E-state index contributed by atoms with van der Waals surface area (Å²) in [4.78, 5) is 14.6. The normalized spacial score (nSPS) is 25.6. The molecule has 2 aromatic rings. The predicted octanol–water partition coefficient (Wildman–Crippen LogP) is 4.77. The molecule has 2 heterocycles. The number of carbonyl (C=O) groups is 1. The molecule has 2 saturated heterocycles. The number of aliphatic hydroxyl groups is 1. The van der Waals surface area contributed by atoms with E-state index in [0.717, 1.165) is 24.8 Å². The SMILES string of the molecule is CCOc1ccc(C2(O)CC3CCCC(C2)N3C(=O)OCc2ccccc2)c(F)c1. The molecule has 30 heavy (non-hydrogen) atoms. The summed E-state index contributed by atoms with van der Waals surface area (Å²) in [5.41, 5.74) is -0.0954. The number of nitrogens with zero attached hydrogens (tertiary/aromatic N) is 1. The van der Waals surface area contributed by atoms with E-state index in [0.29, 0.717) is 25.2 Å². The van der Waals surface area contributed by atoms with Crippen LogP contribution in [0.4, 0.5) is 9.18 Å². The van der Waals surface area contributed by atoms with Crippen LogP contribution < -0.4 is 4.74 Å². The maximum absolute atomic E-state index is 14.8. The van der Waals surface area contributed by atoms with Gasteiger partial charge >= 0.3 is 6.09 Å². The van der Waals surface area contributed by atoms with E-state index in [1.807, 2.05) is 37.3 Å². The van der Waals surface area contributed by atoms with Crippen molar-refractivity contribution < 1.29 is 23.8 Å². The minimum atomic E-state index is -1.30. The number of ether oxygens (including phenoxy) is 2. The highest BCUT2D eigenvalue weighted by atomic mass is 19.1. The maximum Gasteiger partial charge on any atom is 0.410 e. The van der Waals surface area contributed by atoms with Crippen molar-refractivity contribution >= 4 is 6.09 Å². The summed E-state index contributed by atoms with van der Waals surface area (Å²) in [6, 6.07) is 13.8. The van der Waals surface area contributed by atoms with Crippen LogP contribution in [0.1, 0.15) is 50.2 Å². The first-order valence-electron chi connectivity index (χ1n) is 10.6. The van der Waals surface area contributed by atoms with E-state index in [1.54, 1.807) is 17.0 Å². The Kier molecular flexibility index (Phi) is 5.95. The zero-order chi connectivity index (χ0) is 21.1. The zero-order valence-electron chi connectivity index (χ0n) is 17.2. The molecule has 4 rings (SSSR count). The van der Waals surface area contributed by atoms with Crippen LogP contribution in [0.25, 0.3) is 0 Å². The molecule has 0 radical (unpaired) electrons. The van der Waals surface area contributed by atoms with Crippen LogP contribution in [0.3, 0.4) is 0 Å². The number of carbonyl (C=O) groups excluding carboxylic acids is 1. The van der Waals surface area contributed by atoms with Crippen molar-refractivity contribution in [1.82, 2.24) is 4.90 Å². The van der Waals surface area contributed by atoms with Crippen molar-refractivity contribution in [2.24, 2.45) is 0 Å². The van der Waals surface area contributed by atoms with Crippen molar-refractivity contribution in [3.63, 3.8) is 0 Å². The first kappa shape index (κ1) is 20.7. The number of halogens is 1. The van der Waals surface area contributed by atoms with Gasteiger partial charge in [-0.25, -0.2) is 9.18 Å². The highest BCUT2D eigenvalue weighted by molar-refractivity contribution is 5.69. The van der Waals surface area contributed by atoms with E-state index in [9.17, 15) is 14.3 Å². The fourth-order valence-electron chi connectivity index (χ4n) is 4.87. The highest BCUT2D eigenvalue weighted by Crippen LogP contribution is 2.45. The average Bonchev–Trinajstić information content (AvgIpc) is 2.72. The summed E-state index contributed by atoms with van der Waals surface area (Å²) >= 11 is 0. The number of piperidine rings is 2. The first-order chi connectivity index (χ1) is 14.5. The maximum atomic E-state index is 14.8. The van der Waals surface area contributed by atoms with Gasteiger partial charge in [0.2, 0.25) is 0 Å². The molecule has 2 aliphatic rings. The number of hydrogen-bond donors (Lipinski definition) is 1. The van der Waals surface area contributed by atoms with Gasteiger partial charge in [-0.05, 0) is 43.9 Å². The highest BCUT2D eigenvalue weighted by Gasteiger charge is 2.49. The molecule has 0 spiro atoms. The van der Waals surface area contributed by atoms with Crippen molar-refractivity contribution in [3.05, 3.63) is 65.5 Å². The van der Waals surface area contributed by atoms with Gasteiger partial charge in [0.15, 0.2) is 0 Å². The van der Waals surface area contributed by atoms with E-state index < -0.39 is 11.4 Å². The molecule has 1 amide bonds. The Hall–Kier alpha value is -2.60. The Balaban J connectivity index is 1.49. The molecule has 2 unspecified atom stereocenters. The van der Waals surface area contributed by atoms with Crippen LogP contribution in [0.15, 0.2) is 48.5 Å². The third kappa shape index (κ3) is 4.15. The van der Waals surface area contributed by atoms with Crippen LogP contribution in [0.5, 0.6) is 5.75 Å². The van der Waals surface area contributed by atoms with Gasteiger partial charge < -0.3 is 19.5 Å². The molecule has 0 aromatic heterocycles. The van der Waals surface area contributed by atoms with Crippen LogP contribution >= 0.6 is 0 Å². The molecule has 2 atom stereocenters.